The van der Waals surface area contributed by atoms with Gasteiger partial charge >= 0.3 is 0 Å². The first kappa shape index (κ1) is 12.4. The molecule has 0 radical (unpaired) electrons. The van der Waals surface area contributed by atoms with Gasteiger partial charge in [0.15, 0.2) is 0 Å². The third-order valence-electron chi connectivity index (χ3n) is 3.07. The van der Waals surface area contributed by atoms with Gasteiger partial charge in [-0.05, 0) is 54.4 Å². The summed E-state index contributed by atoms with van der Waals surface area (Å²) in [5, 5.41) is 3.39. The third kappa shape index (κ3) is 2.06. The molecule has 0 saturated carbocycles. The number of nitrogens with zero attached hydrogens (tertiary/aromatic N) is 1. The maximum atomic E-state index is 11.9. The zero-order valence-corrected chi connectivity index (χ0v) is 12.2. The van der Waals surface area contributed by atoms with E-state index in [4.69, 9.17) is 0 Å². The molecule has 1 aliphatic rings. The molecule has 2 rings (SSSR count). The predicted octanol–water partition coefficient (Wildman–Crippen LogP) is 3.31. The predicted molar refractivity (Wildman–Crippen MR) is 74.6 cm³/mol. The molecule has 92 valence electrons. The molecule has 17 heavy (non-hydrogen) atoms. The van der Waals surface area contributed by atoms with Gasteiger partial charge in [-0.2, -0.15) is 0 Å². The Hall–Kier alpha value is -1.03. The van der Waals surface area contributed by atoms with Gasteiger partial charge in [-0.15, -0.1) is 0 Å². The number of anilines is 2. The second-order valence-corrected chi connectivity index (χ2v) is 6.02. The van der Waals surface area contributed by atoms with Gasteiger partial charge in [-0.3, -0.25) is 4.79 Å². The summed E-state index contributed by atoms with van der Waals surface area (Å²) in [7, 11) is 0. The number of nitrogens with one attached hydrogen (secondary N) is 1. The van der Waals surface area contributed by atoms with Crippen molar-refractivity contribution in [3.05, 3.63) is 22.2 Å². The van der Waals surface area contributed by atoms with Crippen molar-refractivity contribution in [2.75, 3.05) is 16.8 Å². The maximum absolute atomic E-state index is 11.9. The second-order valence-electron chi connectivity index (χ2n) is 5.16. The number of hydrogen-bond acceptors (Lipinski definition) is 2. The number of amides is 1. The van der Waals surface area contributed by atoms with Crippen LogP contribution >= 0.6 is 15.9 Å². The fourth-order valence-electron chi connectivity index (χ4n) is 2.38. The topological polar surface area (TPSA) is 32.3 Å². The molecule has 0 spiro atoms. The van der Waals surface area contributed by atoms with Gasteiger partial charge in [0.25, 0.3) is 0 Å². The van der Waals surface area contributed by atoms with E-state index in [9.17, 15) is 4.79 Å². The van der Waals surface area contributed by atoms with Crippen LogP contribution in [0.5, 0.6) is 0 Å². The number of carbonyl (C=O) groups excluding carboxylic acids is 1. The summed E-state index contributed by atoms with van der Waals surface area (Å²) in [4.78, 5) is 13.8. The fraction of sp³-hybridized carbons (Fsp3) is 0.462. The Morgan fingerprint density at radius 1 is 1.47 bits per heavy atom. The molecular formula is C13H17BrN2O. The van der Waals surface area contributed by atoms with E-state index in [1.54, 1.807) is 6.92 Å². The van der Waals surface area contributed by atoms with Crippen LogP contribution in [-0.2, 0) is 4.79 Å². The SMILES string of the molecule is CC(=O)N1c2cc(C)cc(Br)c2NCC1(C)C. The Bertz CT molecular complexity index is 483. The molecule has 0 fully saturated rings. The van der Waals surface area contributed by atoms with Gasteiger partial charge in [0, 0.05) is 17.9 Å². The summed E-state index contributed by atoms with van der Waals surface area (Å²) < 4.78 is 1.01. The lowest BCUT2D eigenvalue weighted by atomic mass is 9.96. The zero-order valence-electron chi connectivity index (χ0n) is 10.6. The molecule has 1 N–H and O–H groups in total. The second kappa shape index (κ2) is 4.02. The average molecular weight is 297 g/mol. The van der Waals surface area contributed by atoms with Crippen LogP contribution in [0.3, 0.4) is 0 Å². The van der Waals surface area contributed by atoms with Crippen LogP contribution in [0.2, 0.25) is 0 Å². The van der Waals surface area contributed by atoms with Gasteiger partial charge in [0.05, 0.1) is 16.9 Å². The van der Waals surface area contributed by atoms with Crippen molar-refractivity contribution in [1.82, 2.24) is 0 Å². The highest BCUT2D eigenvalue weighted by molar-refractivity contribution is 9.10. The first-order valence-electron chi connectivity index (χ1n) is 5.68. The Balaban J connectivity index is 2.64. The molecule has 0 aromatic heterocycles. The van der Waals surface area contributed by atoms with Gasteiger partial charge in [0.1, 0.15) is 0 Å². The molecule has 1 aliphatic heterocycles. The van der Waals surface area contributed by atoms with E-state index in [2.05, 4.69) is 47.2 Å². The molecular weight excluding hydrogens is 280 g/mol. The van der Waals surface area contributed by atoms with Crippen LogP contribution in [0.15, 0.2) is 16.6 Å². The molecule has 4 heteroatoms. The Morgan fingerprint density at radius 2 is 2.12 bits per heavy atom. The van der Waals surface area contributed by atoms with Crippen LogP contribution < -0.4 is 10.2 Å². The van der Waals surface area contributed by atoms with E-state index in [1.807, 2.05) is 11.8 Å². The minimum Gasteiger partial charge on any atom is -0.380 e. The molecule has 0 saturated heterocycles. The first-order valence-corrected chi connectivity index (χ1v) is 6.47. The van der Waals surface area contributed by atoms with Crippen molar-refractivity contribution < 1.29 is 4.79 Å². The molecule has 1 aromatic rings. The van der Waals surface area contributed by atoms with Crippen molar-refractivity contribution in [2.45, 2.75) is 33.2 Å². The van der Waals surface area contributed by atoms with Crippen LogP contribution in [-0.4, -0.2) is 18.0 Å². The van der Waals surface area contributed by atoms with Crippen LogP contribution in [0.4, 0.5) is 11.4 Å². The Kier molecular flexibility index (Phi) is 2.94. The number of aryl methyl sites for hydroxylation is 1. The van der Waals surface area contributed by atoms with E-state index in [1.165, 1.54) is 0 Å². The summed E-state index contributed by atoms with van der Waals surface area (Å²) in [6, 6.07) is 4.11. The number of benzene rings is 1. The van der Waals surface area contributed by atoms with Crippen LogP contribution in [0.25, 0.3) is 0 Å². The van der Waals surface area contributed by atoms with Crippen molar-refractivity contribution in [1.29, 1.82) is 0 Å². The number of halogens is 1. The summed E-state index contributed by atoms with van der Waals surface area (Å²) in [6.45, 7) is 8.54. The van der Waals surface area contributed by atoms with Gasteiger partial charge < -0.3 is 10.2 Å². The minimum absolute atomic E-state index is 0.0789. The monoisotopic (exact) mass is 296 g/mol. The van der Waals surface area contributed by atoms with E-state index in [0.717, 1.165) is 28.0 Å². The Labute approximate surface area is 110 Å². The maximum Gasteiger partial charge on any atom is 0.224 e. The Morgan fingerprint density at radius 3 is 2.71 bits per heavy atom. The average Bonchev–Trinajstić information content (AvgIpc) is 2.13. The van der Waals surface area contributed by atoms with Crippen LogP contribution in [0.1, 0.15) is 26.3 Å². The van der Waals surface area contributed by atoms with E-state index in [0.29, 0.717) is 0 Å². The van der Waals surface area contributed by atoms with Gasteiger partial charge in [0.2, 0.25) is 5.91 Å². The van der Waals surface area contributed by atoms with Crippen molar-refractivity contribution in [3.8, 4) is 0 Å². The number of carbonyl (C=O) groups is 1. The summed E-state index contributed by atoms with van der Waals surface area (Å²) in [5.41, 5.74) is 2.90. The molecule has 0 unspecified atom stereocenters. The standard InChI is InChI=1S/C13H17BrN2O/c1-8-5-10(14)12-11(6-8)16(9(2)17)13(3,4)7-15-12/h5-6,15H,7H2,1-4H3. The lowest BCUT2D eigenvalue weighted by Crippen LogP contribution is -2.54. The smallest absolute Gasteiger partial charge is 0.224 e. The molecule has 0 atom stereocenters. The lowest BCUT2D eigenvalue weighted by Gasteiger charge is -2.43. The van der Waals surface area contributed by atoms with Gasteiger partial charge in [-0.1, -0.05) is 0 Å². The highest BCUT2D eigenvalue weighted by Gasteiger charge is 2.36. The minimum atomic E-state index is -0.202. The fourth-order valence-corrected chi connectivity index (χ4v) is 3.09. The molecule has 1 amide bonds. The van der Waals surface area contributed by atoms with Crippen LogP contribution in [0, 0.1) is 6.92 Å². The van der Waals surface area contributed by atoms with Crippen molar-refractivity contribution in [3.63, 3.8) is 0 Å². The highest BCUT2D eigenvalue weighted by atomic mass is 79.9. The van der Waals surface area contributed by atoms with Crippen molar-refractivity contribution in [2.24, 2.45) is 0 Å². The first-order chi connectivity index (χ1) is 7.83. The van der Waals surface area contributed by atoms with E-state index < -0.39 is 0 Å². The molecule has 0 aliphatic carbocycles. The molecule has 1 heterocycles. The highest BCUT2D eigenvalue weighted by Crippen LogP contribution is 2.41. The molecule has 3 nitrogen and oxygen atoms in total. The van der Waals surface area contributed by atoms with E-state index in [-0.39, 0.29) is 11.4 Å². The quantitative estimate of drug-likeness (QED) is 0.796. The third-order valence-corrected chi connectivity index (χ3v) is 3.70. The summed E-state index contributed by atoms with van der Waals surface area (Å²) in [5.74, 6) is 0.0789. The molecule has 1 aromatic carbocycles. The number of fused-ring (bicyclic) bond motifs is 1. The van der Waals surface area contributed by atoms with E-state index >= 15 is 0 Å². The summed E-state index contributed by atoms with van der Waals surface area (Å²) >= 11 is 3.55. The number of rotatable bonds is 0. The zero-order chi connectivity index (χ0) is 12.8. The lowest BCUT2D eigenvalue weighted by molar-refractivity contribution is -0.117. The van der Waals surface area contributed by atoms with Crippen molar-refractivity contribution >= 4 is 33.2 Å². The molecule has 0 bridgehead atoms. The largest absolute Gasteiger partial charge is 0.380 e. The summed E-state index contributed by atoms with van der Waals surface area (Å²) in [6.07, 6.45) is 0. The van der Waals surface area contributed by atoms with Gasteiger partial charge in [-0.25, -0.2) is 0 Å². The normalized spacial score (nSPS) is 17.4. The number of hydrogen-bond donors (Lipinski definition) is 1.